The highest BCUT2D eigenvalue weighted by Gasteiger charge is 2.62. The summed E-state index contributed by atoms with van der Waals surface area (Å²) >= 11 is 0. The molecule has 0 aromatic heterocycles. The zero-order valence-electron chi connectivity index (χ0n) is 27.9. The minimum absolute atomic E-state index is 0.0350. The van der Waals surface area contributed by atoms with E-state index >= 15 is 0 Å². The van der Waals surface area contributed by atoms with Crippen LogP contribution in [0, 0.1) is 56.2 Å². The minimum atomic E-state index is -0.739. The third-order valence-corrected chi connectivity index (χ3v) is 12.7. The molecule has 1 heterocycles. The molecule has 3 aliphatic carbocycles. The Balaban J connectivity index is 1.60. The van der Waals surface area contributed by atoms with Crippen molar-refractivity contribution in [2.24, 2.45) is 56.2 Å². The number of hydrogen-bond acceptors (Lipinski definition) is 5. The van der Waals surface area contributed by atoms with Gasteiger partial charge in [-0.05, 0) is 97.7 Å². The van der Waals surface area contributed by atoms with Crippen molar-refractivity contribution in [3.8, 4) is 0 Å². The summed E-state index contributed by atoms with van der Waals surface area (Å²) in [4.78, 5) is 28.2. The van der Waals surface area contributed by atoms with Crippen molar-refractivity contribution >= 4 is 11.9 Å². The summed E-state index contributed by atoms with van der Waals surface area (Å²) in [7, 11) is 0. The van der Waals surface area contributed by atoms with E-state index in [0.717, 1.165) is 30.6 Å². The minimum Gasteiger partial charge on any atom is -0.462 e. The molecule has 3 saturated carbocycles. The molecule has 0 spiro atoms. The lowest BCUT2D eigenvalue weighted by Gasteiger charge is -2.57. The van der Waals surface area contributed by atoms with E-state index in [0.29, 0.717) is 25.6 Å². The van der Waals surface area contributed by atoms with Gasteiger partial charge in [-0.25, -0.2) is 0 Å². The molecule has 4 rings (SSSR count). The molecule has 5 nitrogen and oxygen atoms in total. The second-order valence-electron chi connectivity index (χ2n) is 18.0. The van der Waals surface area contributed by atoms with Gasteiger partial charge in [-0.3, -0.25) is 9.59 Å². The molecule has 230 valence electrons. The van der Waals surface area contributed by atoms with Crippen LogP contribution in [0.4, 0.5) is 0 Å². The average molecular weight is 561 g/mol. The summed E-state index contributed by atoms with van der Waals surface area (Å²) in [6, 6.07) is 0. The maximum atomic E-state index is 14.5. The zero-order valence-corrected chi connectivity index (χ0v) is 27.9. The van der Waals surface area contributed by atoms with Crippen molar-refractivity contribution in [1.82, 2.24) is 0 Å². The maximum absolute atomic E-state index is 14.5. The van der Waals surface area contributed by atoms with Gasteiger partial charge in [0.15, 0.2) is 0 Å². The van der Waals surface area contributed by atoms with E-state index in [1.165, 1.54) is 25.7 Å². The van der Waals surface area contributed by atoms with Gasteiger partial charge >= 0.3 is 11.9 Å². The van der Waals surface area contributed by atoms with Crippen LogP contribution in [0.2, 0.25) is 0 Å². The van der Waals surface area contributed by atoms with Crippen LogP contribution in [0.25, 0.3) is 0 Å². The van der Waals surface area contributed by atoms with Crippen molar-refractivity contribution in [1.29, 1.82) is 0 Å². The fourth-order valence-corrected chi connectivity index (χ4v) is 9.00. The highest BCUT2D eigenvalue weighted by atomic mass is 16.6. The van der Waals surface area contributed by atoms with Gasteiger partial charge in [0, 0.05) is 0 Å². The van der Waals surface area contributed by atoms with Crippen LogP contribution in [-0.2, 0) is 23.8 Å². The first-order chi connectivity index (χ1) is 18.1. The van der Waals surface area contributed by atoms with Crippen molar-refractivity contribution in [2.45, 2.75) is 140 Å². The van der Waals surface area contributed by atoms with Crippen LogP contribution in [-0.4, -0.2) is 37.4 Å². The average Bonchev–Trinajstić information content (AvgIpc) is 3.19. The number of hydrogen-bond donors (Lipinski definition) is 0. The molecule has 0 radical (unpaired) electrons. The van der Waals surface area contributed by atoms with E-state index in [1.54, 1.807) is 0 Å². The van der Waals surface area contributed by atoms with Crippen molar-refractivity contribution in [2.75, 3.05) is 13.2 Å². The van der Waals surface area contributed by atoms with Crippen LogP contribution in [0.3, 0.4) is 0 Å². The quantitative estimate of drug-likeness (QED) is 0.199. The van der Waals surface area contributed by atoms with E-state index in [4.69, 9.17) is 14.2 Å². The van der Waals surface area contributed by atoms with Crippen molar-refractivity contribution in [3.05, 3.63) is 0 Å². The number of carbonyl (C=O) groups excluding carboxylic acids is 2. The Bertz CT molecular complexity index is 963. The van der Waals surface area contributed by atoms with Crippen molar-refractivity contribution < 1.29 is 23.8 Å². The second-order valence-corrected chi connectivity index (χ2v) is 18.0. The summed E-state index contributed by atoms with van der Waals surface area (Å²) in [6.45, 7) is 27.2. The summed E-state index contributed by atoms with van der Waals surface area (Å²) < 4.78 is 17.7. The van der Waals surface area contributed by atoms with Gasteiger partial charge in [0.2, 0.25) is 0 Å². The highest BCUT2D eigenvalue weighted by molar-refractivity contribution is 5.79. The molecule has 2 bridgehead atoms. The molecule has 40 heavy (non-hydrogen) atoms. The first kappa shape index (κ1) is 31.8. The standard InChI is InChI=1S/C35H60O5/c1-30(2,3)20-35(12,29(37)40-27-17-22-16-26(27)25-15-13-14-24(22)25)33(9,10)32(7,8)21-34(11,31(4,5)6)28(36)39-19-23-18-38-23/h22-27H,13-21H2,1-12H3. The highest BCUT2D eigenvalue weighted by Crippen LogP contribution is 2.63. The molecule has 0 amide bonds. The fraction of sp³-hybridized carbons (Fsp3) is 0.943. The first-order valence-electron chi connectivity index (χ1n) is 16.1. The summed E-state index contributed by atoms with van der Waals surface area (Å²) in [6.07, 6.45) is 7.74. The van der Waals surface area contributed by atoms with Crippen LogP contribution in [0.15, 0.2) is 0 Å². The van der Waals surface area contributed by atoms with Crippen molar-refractivity contribution in [3.63, 3.8) is 0 Å². The van der Waals surface area contributed by atoms with E-state index in [9.17, 15) is 9.59 Å². The summed E-state index contributed by atoms with van der Waals surface area (Å²) in [5.74, 6) is 2.71. The molecule has 1 saturated heterocycles. The lowest BCUT2D eigenvalue weighted by molar-refractivity contribution is -0.188. The van der Waals surface area contributed by atoms with Crippen LogP contribution >= 0.6 is 0 Å². The van der Waals surface area contributed by atoms with E-state index in [2.05, 4.69) is 76.2 Å². The molecule has 4 fully saturated rings. The molecule has 5 heteroatoms. The summed E-state index contributed by atoms with van der Waals surface area (Å²) in [5, 5.41) is 0. The number of ether oxygens (including phenoxy) is 3. The predicted molar refractivity (Wildman–Crippen MR) is 160 cm³/mol. The zero-order chi connectivity index (χ0) is 30.1. The van der Waals surface area contributed by atoms with E-state index < -0.39 is 16.2 Å². The molecule has 4 aliphatic rings. The SMILES string of the molecule is CC(C)(C)CC(C)(C(=O)OC1CC2CC1C1CCCC21)C(C)(C)C(C)(C)CC(C)(C(=O)OCC1CO1)C(C)(C)C. The third-order valence-electron chi connectivity index (χ3n) is 12.7. The van der Waals surface area contributed by atoms with Crippen LogP contribution in [0.5, 0.6) is 0 Å². The number of rotatable bonds is 10. The molecule has 8 unspecified atom stereocenters. The number of fused-ring (bicyclic) bond motifs is 5. The molecular formula is C35H60O5. The molecule has 8 atom stereocenters. The van der Waals surface area contributed by atoms with Gasteiger partial charge < -0.3 is 14.2 Å². The van der Waals surface area contributed by atoms with Crippen LogP contribution < -0.4 is 0 Å². The number of epoxide rings is 1. The number of carbonyl (C=O) groups is 2. The van der Waals surface area contributed by atoms with E-state index in [1.807, 2.05) is 6.92 Å². The topological polar surface area (TPSA) is 65.1 Å². The normalized spacial score (nSPS) is 33.2. The van der Waals surface area contributed by atoms with Gasteiger partial charge in [0.1, 0.15) is 18.8 Å². The second kappa shape index (κ2) is 10.3. The van der Waals surface area contributed by atoms with Gasteiger partial charge in [0.05, 0.1) is 17.4 Å². The lowest BCUT2D eigenvalue weighted by Crippen LogP contribution is -2.56. The molecular weight excluding hydrogens is 500 g/mol. The largest absolute Gasteiger partial charge is 0.462 e. The fourth-order valence-electron chi connectivity index (χ4n) is 9.00. The van der Waals surface area contributed by atoms with Crippen LogP contribution in [0.1, 0.15) is 128 Å². The molecule has 1 aliphatic heterocycles. The third kappa shape index (κ3) is 5.63. The smallest absolute Gasteiger partial charge is 0.312 e. The molecule has 0 aromatic rings. The Kier molecular flexibility index (Phi) is 8.17. The Morgan fingerprint density at radius 1 is 0.750 bits per heavy atom. The van der Waals surface area contributed by atoms with Gasteiger partial charge in [-0.15, -0.1) is 0 Å². The lowest BCUT2D eigenvalue weighted by atomic mass is 9.47. The van der Waals surface area contributed by atoms with Gasteiger partial charge in [-0.2, -0.15) is 0 Å². The van der Waals surface area contributed by atoms with Gasteiger partial charge in [-0.1, -0.05) is 75.7 Å². The predicted octanol–water partition coefficient (Wildman–Crippen LogP) is 8.23. The monoisotopic (exact) mass is 560 g/mol. The summed E-state index contributed by atoms with van der Waals surface area (Å²) in [5.41, 5.74) is -2.71. The van der Waals surface area contributed by atoms with Gasteiger partial charge in [0.25, 0.3) is 0 Å². The molecule has 0 aromatic carbocycles. The Morgan fingerprint density at radius 3 is 1.90 bits per heavy atom. The first-order valence-corrected chi connectivity index (χ1v) is 16.1. The maximum Gasteiger partial charge on any atom is 0.312 e. The Morgan fingerprint density at radius 2 is 1.35 bits per heavy atom. The Hall–Kier alpha value is -1.10. The molecule has 0 N–H and O–H groups in total. The number of esters is 2. The Labute approximate surface area is 245 Å². The van der Waals surface area contributed by atoms with E-state index in [-0.39, 0.29) is 40.4 Å².